The molecular formula is C15H9F3N2O2. The number of aromatic carboxylic acids is 1. The molecule has 0 unspecified atom stereocenters. The highest BCUT2D eigenvalue weighted by Gasteiger charge is 2.19. The van der Waals surface area contributed by atoms with Gasteiger partial charge in [-0.05, 0) is 30.3 Å². The van der Waals surface area contributed by atoms with Crippen molar-refractivity contribution < 1.29 is 23.1 Å². The molecule has 0 saturated carbocycles. The van der Waals surface area contributed by atoms with Crippen LogP contribution in [0.3, 0.4) is 0 Å². The van der Waals surface area contributed by atoms with E-state index in [1.165, 1.54) is 30.3 Å². The van der Waals surface area contributed by atoms with Crippen molar-refractivity contribution in [1.82, 2.24) is 9.78 Å². The minimum atomic E-state index is -2.94. The van der Waals surface area contributed by atoms with E-state index in [9.17, 15) is 18.0 Å². The second-order valence-corrected chi connectivity index (χ2v) is 4.62. The van der Waals surface area contributed by atoms with Gasteiger partial charge in [0, 0.05) is 10.9 Å². The zero-order valence-electron chi connectivity index (χ0n) is 11.0. The van der Waals surface area contributed by atoms with E-state index in [2.05, 4.69) is 5.10 Å². The van der Waals surface area contributed by atoms with Gasteiger partial charge in [-0.15, -0.1) is 0 Å². The summed E-state index contributed by atoms with van der Waals surface area (Å²) in [7, 11) is 0. The van der Waals surface area contributed by atoms with Gasteiger partial charge in [-0.1, -0.05) is 12.1 Å². The molecule has 4 nitrogen and oxygen atoms in total. The molecule has 0 fully saturated rings. The van der Waals surface area contributed by atoms with E-state index in [-0.39, 0.29) is 16.8 Å². The average molecular weight is 306 g/mol. The minimum absolute atomic E-state index is 0.0193. The van der Waals surface area contributed by atoms with Crippen LogP contribution in [0.1, 0.15) is 16.9 Å². The highest BCUT2D eigenvalue weighted by Crippen LogP contribution is 2.31. The Morgan fingerprint density at radius 1 is 1.18 bits per heavy atom. The number of carbonyl (C=O) groups is 1. The summed E-state index contributed by atoms with van der Waals surface area (Å²) < 4.78 is 40.0. The van der Waals surface area contributed by atoms with E-state index in [0.29, 0.717) is 15.6 Å². The average Bonchev–Trinajstić information content (AvgIpc) is 2.86. The van der Waals surface area contributed by atoms with Crippen molar-refractivity contribution in [1.29, 1.82) is 0 Å². The zero-order valence-corrected chi connectivity index (χ0v) is 11.0. The number of hydrogen-bond acceptors (Lipinski definition) is 2. The fraction of sp³-hybridized carbons (Fsp3) is 0.0667. The molecule has 2 aromatic carbocycles. The third kappa shape index (κ3) is 2.30. The fourth-order valence-electron chi connectivity index (χ4n) is 2.27. The molecule has 0 aliphatic rings. The van der Waals surface area contributed by atoms with Gasteiger partial charge < -0.3 is 5.11 Å². The van der Waals surface area contributed by atoms with Crippen LogP contribution < -0.4 is 0 Å². The highest BCUT2D eigenvalue weighted by atomic mass is 19.3. The molecule has 0 aliphatic heterocycles. The Labute approximate surface area is 122 Å². The Morgan fingerprint density at radius 2 is 1.95 bits per heavy atom. The van der Waals surface area contributed by atoms with Gasteiger partial charge in [-0.3, -0.25) is 0 Å². The van der Waals surface area contributed by atoms with E-state index < -0.39 is 18.3 Å². The van der Waals surface area contributed by atoms with Gasteiger partial charge in [-0.2, -0.15) is 13.9 Å². The molecule has 0 amide bonds. The number of halogens is 3. The van der Waals surface area contributed by atoms with Crippen LogP contribution in [0, 0.1) is 5.82 Å². The van der Waals surface area contributed by atoms with Crippen molar-refractivity contribution in [3.05, 3.63) is 53.8 Å². The van der Waals surface area contributed by atoms with Crippen molar-refractivity contribution in [2.75, 3.05) is 0 Å². The highest BCUT2D eigenvalue weighted by molar-refractivity contribution is 5.98. The van der Waals surface area contributed by atoms with E-state index in [1.807, 2.05) is 0 Å². The molecule has 7 heteroatoms. The summed E-state index contributed by atoms with van der Waals surface area (Å²) in [5, 5.41) is 13.1. The Hall–Kier alpha value is -2.83. The van der Waals surface area contributed by atoms with Crippen molar-refractivity contribution in [3.63, 3.8) is 0 Å². The molecule has 3 aromatic rings. The van der Waals surface area contributed by atoms with Crippen LogP contribution in [-0.4, -0.2) is 20.9 Å². The Bertz CT molecular complexity index is 874. The van der Waals surface area contributed by atoms with Crippen molar-refractivity contribution >= 4 is 16.9 Å². The lowest BCUT2D eigenvalue weighted by Crippen LogP contribution is -2.01. The smallest absolute Gasteiger partial charge is 0.335 e. The number of aromatic nitrogens is 2. The lowest BCUT2D eigenvalue weighted by molar-refractivity contribution is 0.0614. The maximum absolute atomic E-state index is 13.3. The van der Waals surface area contributed by atoms with E-state index >= 15 is 0 Å². The van der Waals surface area contributed by atoms with Crippen LogP contribution in [0.4, 0.5) is 13.2 Å². The Morgan fingerprint density at radius 3 is 2.59 bits per heavy atom. The quantitative estimate of drug-likeness (QED) is 0.797. The van der Waals surface area contributed by atoms with E-state index in [4.69, 9.17) is 5.11 Å². The Balaban J connectivity index is 2.30. The van der Waals surface area contributed by atoms with Crippen molar-refractivity contribution in [2.45, 2.75) is 6.55 Å². The second-order valence-electron chi connectivity index (χ2n) is 4.62. The summed E-state index contributed by atoms with van der Waals surface area (Å²) in [6.07, 6.45) is 0. The molecule has 0 radical (unpaired) electrons. The first-order valence-electron chi connectivity index (χ1n) is 6.27. The normalized spacial score (nSPS) is 11.3. The molecule has 0 aliphatic carbocycles. The molecule has 1 N–H and O–H groups in total. The molecule has 112 valence electrons. The topological polar surface area (TPSA) is 55.1 Å². The molecule has 0 atom stereocenters. The first-order chi connectivity index (χ1) is 10.5. The summed E-state index contributed by atoms with van der Waals surface area (Å²) in [5.41, 5.74) is 0.369. The number of benzene rings is 2. The standard InChI is InChI=1S/C15H9F3N2O2/c16-10-3-1-2-8(6-10)13-11-5-4-9(14(21)22)7-12(11)20(19-13)15(17)18/h1-7,15H,(H,21,22). The van der Waals surface area contributed by atoms with E-state index in [0.717, 1.165) is 6.07 Å². The van der Waals surface area contributed by atoms with E-state index in [1.54, 1.807) is 6.07 Å². The van der Waals surface area contributed by atoms with Gasteiger partial charge in [0.2, 0.25) is 0 Å². The summed E-state index contributed by atoms with van der Waals surface area (Å²) in [6.45, 7) is -2.94. The predicted octanol–water partition coefficient (Wildman–Crippen LogP) is 3.94. The number of nitrogens with zero attached hydrogens (tertiary/aromatic N) is 2. The molecule has 1 heterocycles. The molecule has 3 rings (SSSR count). The van der Waals surface area contributed by atoms with Crippen LogP contribution in [0.2, 0.25) is 0 Å². The number of rotatable bonds is 3. The second kappa shape index (κ2) is 5.18. The van der Waals surface area contributed by atoms with Gasteiger partial charge >= 0.3 is 12.5 Å². The van der Waals surface area contributed by atoms with Gasteiger partial charge in [0.1, 0.15) is 11.5 Å². The number of hydrogen-bond donors (Lipinski definition) is 1. The van der Waals surface area contributed by atoms with Crippen LogP contribution >= 0.6 is 0 Å². The Kier molecular flexibility index (Phi) is 3.32. The fourth-order valence-corrected chi connectivity index (χ4v) is 2.27. The summed E-state index contributed by atoms with van der Waals surface area (Å²) in [5.74, 6) is -1.74. The van der Waals surface area contributed by atoms with Crippen LogP contribution in [-0.2, 0) is 0 Å². The molecule has 0 bridgehead atoms. The largest absolute Gasteiger partial charge is 0.478 e. The van der Waals surface area contributed by atoms with Crippen molar-refractivity contribution in [3.8, 4) is 11.3 Å². The number of alkyl halides is 2. The van der Waals surface area contributed by atoms with Gasteiger partial charge in [0.05, 0.1) is 11.1 Å². The lowest BCUT2D eigenvalue weighted by atomic mass is 10.1. The van der Waals surface area contributed by atoms with Crippen LogP contribution in [0.5, 0.6) is 0 Å². The van der Waals surface area contributed by atoms with Gasteiger partial charge in [0.15, 0.2) is 0 Å². The third-order valence-corrected chi connectivity index (χ3v) is 3.24. The SMILES string of the molecule is O=C(O)c1ccc2c(-c3cccc(F)c3)nn(C(F)F)c2c1. The molecule has 1 aromatic heterocycles. The van der Waals surface area contributed by atoms with Crippen LogP contribution in [0.15, 0.2) is 42.5 Å². The van der Waals surface area contributed by atoms with Gasteiger partial charge in [0.25, 0.3) is 0 Å². The summed E-state index contributed by atoms with van der Waals surface area (Å²) in [4.78, 5) is 11.0. The summed E-state index contributed by atoms with van der Waals surface area (Å²) >= 11 is 0. The molecule has 0 saturated heterocycles. The number of fused-ring (bicyclic) bond motifs is 1. The lowest BCUT2D eigenvalue weighted by Gasteiger charge is -2.01. The monoisotopic (exact) mass is 306 g/mol. The maximum atomic E-state index is 13.3. The molecular weight excluding hydrogens is 297 g/mol. The maximum Gasteiger partial charge on any atom is 0.335 e. The summed E-state index contributed by atoms with van der Waals surface area (Å²) in [6, 6.07) is 9.23. The number of carboxylic acid groups (broad SMARTS) is 1. The minimum Gasteiger partial charge on any atom is -0.478 e. The van der Waals surface area contributed by atoms with Crippen molar-refractivity contribution in [2.24, 2.45) is 0 Å². The van der Waals surface area contributed by atoms with Gasteiger partial charge in [-0.25, -0.2) is 13.9 Å². The third-order valence-electron chi connectivity index (χ3n) is 3.24. The first kappa shape index (κ1) is 14.1. The molecule has 22 heavy (non-hydrogen) atoms. The predicted molar refractivity (Wildman–Crippen MR) is 73.3 cm³/mol. The van der Waals surface area contributed by atoms with Crippen LogP contribution in [0.25, 0.3) is 22.2 Å². The zero-order chi connectivity index (χ0) is 15.9. The molecule has 0 spiro atoms. The number of carboxylic acids is 1. The first-order valence-corrected chi connectivity index (χ1v) is 6.27.